The van der Waals surface area contributed by atoms with E-state index in [0.29, 0.717) is 6.04 Å². The standard InChI is InChI=1S/C16H27N3O/c1-3-17-9-16-14(6-8-20-16)11-19-12-15-5-4-7-18(15)10-13(19)2/h6,8,13,15,17H,3-5,7,9-12H2,1-2H3. The third-order valence-electron chi connectivity index (χ3n) is 4.81. The number of rotatable bonds is 5. The fraction of sp³-hybridized carbons (Fsp3) is 0.750. The molecule has 3 heterocycles. The minimum absolute atomic E-state index is 0.645. The molecule has 4 nitrogen and oxygen atoms in total. The molecule has 3 rings (SSSR count). The molecule has 0 radical (unpaired) electrons. The topological polar surface area (TPSA) is 31.7 Å². The molecular formula is C16H27N3O. The molecule has 2 aliphatic rings. The van der Waals surface area contributed by atoms with Crippen LogP contribution in [0.3, 0.4) is 0 Å². The Labute approximate surface area is 122 Å². The van der Waals surface area contributed by atoms with Crippen LogP contribution in [0.2, 0.25) is 0 Å². The van der Waals surface area contributed by atoms with E-state index in [1.807, 2.05) is 6.26 Å². The van der Waals surface area contributed by atoms with Gasteiger partial charge in [0.1, 0.15) is 5.76 Å². The number of nitrogens with zero attached hydrogens (tertiary/aromatic N) is 2. The molecule has 0 saturated carbocycles. The molecule has 20 heavy (non-hydrogen) atoms. The van der Waals surface area contributed by atoms with Gasteiger partial charge in [-0.15, -0.1) is 0 Å². The maximum absolute atomic E-state index is 5.63. The monoisotopic (exact) mass is 277 g/mol. The van der Waals surface area contributed by atoms with Crippen LogP contribution in [0.25, 0.3) is 0 Å². The highest BCUT2D eigenvalue weighted by Gasteiger charge is 2.34. The molecule has 112 valence electrons. The Bertz CT molecular complexity index is 431. The Morgan fingerprint density at radius 2 is 2.30 bits per heavy atom. The summed E-state index contributed by atoms with van der Waals surface area (Å²) >= 11 is 0. The number of hydrogen-bond acceptors (Lipinski definition) is 4. The van der Waals surface area contributed by atoms with Gasteiger partial charge in [-0.25, -0.2) is 0 Å². The van der Waals surface area contributed by atoms with Crippen LogP contribution < -0.4 is 5.32 Å². The van der Waals surface area contributed by atoms with Crippen molar-refractivity contribution in [3.05, 3.63) is 23.7 Å². The Kier molecular flexibility index (Phi) is 4.44. The highest BCUT2D eigenvalue weighted by molar-refractivity contribution is 5.17. The lowest BCUT2D eigenvalue weighted by Gasteiger charge is -2.42. The fourth-order valence-corrected chi connectivity index (χ4v) is 3.59. The molecule has 1 N–H and O–H groups in total. The zero-order valence-corrected chi connectivity index (χ0v) is 12.8. The van der Waals surface area contributed by atoms with Crippen molar-refractivity contribution >= 4 is 0 Å². The fourth-order valence-electron chi connectivity index (χ4n) is 3.59. The second-order valence-electron chi connectivity index (χ2n) is 6.22. The zero-order valence-electron chi connectivity index (χ0n) is 12.8. The average molecular weight is 277 g/mol. The van der Waals surface area contributed by atoms with E-state index in [0.717, 1.165) is 31.4 Å². The largest absolute Gasteiger partial charge is 0.468 e. The van der Waals surface area contributed by atoms with Gasteiger partial charge < -0.3 is 9.73 Å². The molecule has 2 aliphatic heterocycles. The SMILES string of the molecule is CCNCc1occc1CN1CC2CCCN2CC1C. The Hall–Kier alpha value is -0.840. The molecule has 2 unspecified atom stereocenters. The van der Waals surface area contributed by atoms with E-state index in [9.17, 15) is 0 Å². The van der Waals surface area contributed by atoms with Gasteiger partial charge in [0.05, 0.1) is 12.8 Å². The predicted molar refractivity (Wildman–Crippen MR) is 80.6 cm³/mol. The molecule has 0 amide bonds. The normalized spacial score (nSPS) is 27.9. The zero-order chi connectivity index (χ0) is 13.9. The van der Waals surface area contributed by atoms with Crippen LogP contribution in [-0.4, -0.2) is 48.1 Å². The third-order valence-corrected chi connectivity index (χ3v) is 4.81. The highest BCUT2D eigenvalue weighted by Crippen LogP contribution is 2.26. The molecule has 1 aromatic rings. The van der Waals surface area contributed by atoms with Crippen LogP contribution in [-0.2, 0) is 13.1 Å². The van der Waals surface area contributed by atoms with Gasteiger partial charge in [-0.3, -0.25) is 9.80 Å². The lowest BCUT2D eigenvalue weighted by Crippen LogP contribution is -2.54. The van der Waals surface area contributed by atoms with Crippen molar-refractivity contribution in [1.82, 2.24) is 15.1 Å². The average Bonchev–Trinajstić information content (AvgIpc) is 3.06. The Balaban J connectivity index is 1.63. The molecule has 2 atom stereocenters. The number of hydrogen-bond donors (Lipinski definition) is 1. The second-order valence-corrected chi connectivity index (χ2v) is 6.22. The van der Waals surface area contributed by atoms with Crippen molar-refractivity contribution in [2.24, 2.45) is 0 Å². The molecule has 2 fully saturated rings. The third kappa shape index (κ3) is 2.92. The maximum Gasteiger partial charge on any atom is 0.122 e. The van der Waals surface area contributed by atoms with Crippen LogP contribution >= 0.6 is 0 Å². The van der Waals surface area contributed by atoms with E-state index < -0.39 is 0 Å². The van der Waals surface area contributed by atoms with Gasteiger partial charge in [0.25, 0.3) is 0 Å². The van der Waals surface area contributed by atoms with Crippen LogP contribution in [0, 0.1) is 0 Å². The van der Waals surface area contributed by atoms with Gasteiger partial charge in [0.2, 0.25) is 0 Å². The summed E-state index contributed by atoms with van der Waals surface area (Å²) < 4.78 is 5.63. The quantitative estimate of drug-likeness (QED) is 0.893. The van der Waals surface area contributed by atoms with Crippen molar-refractivity contribution in [3.8, 4) is 0 Å². The van der Waals surface area contributed by atoms with E-state index >= 15 is 0 Å². The van der Waals surface area contributed by atoms with E-state index in [4.69, 9.17) is 4.42 Å². The molecule has 4 heteroatoms. The summed E-state index contributed by atoms with van der Waals surface area (Å²) in [5.41, 5.74) is 1.35. The summed E-state index contributed by atoms with van der Waals surface area (Å²) in [6.07, 6.45) is 4.58. The van der Waals surface area contributed by atoms with Crippen LogP contribution in [0.15, 0.2) is 16.7 Å². The summed E-state index contributed by atoms with van der Waals surface area (Å²) in [6, 6.07) is 3.57. The summed E-state index contributed by atoms with van der Waals surface area (Å²) in [5.74, 6) is 1.10. The van der Waals surface area contributed by atoms with Crippen LogP contribution in [0.5, 0.6) is 0 Å². The summed E-state index contributed by atoms with van der Waals surface area (Å²) in [5, 5.41) is 3.36. The first-order valence-electron chi connectivity index (χ1n) is 8.02. The van der Waals surface area contributed by atoms with Crippen molar-refractivity contribution in [2.45, 2.75) is 51.9 Å². The van der Waals surface area contributed by atoms with Gasteiger partial charge >= 0.3 is 0 Å². The van der Waals surface area contributed by atoms with Crippen LogP contribution in [0.1, 0.15) is 38.0 Å². The minimum atomic E-state index is 0.645. The van der Waals surface area contributed by atoms with Crippen molar-refractivity contribution in [3.63, 3.8) is 0 Å². The molecule has 0 spiro atoms. The van der Waals surface area contributed by atoms with E-state index in [1.165, 1.54) is 38.0 Å². The lowest BCUT2D eigenvalue weighted by atomic mass is 10.1. The Morgan fingerprint density at radius 3 is 3.15 bits per heavy atom. The molecule has 0 bridgehead atoms. The van der Waals surface area contributed by atoms with Gasteiger partial charge in [-0.1, -0.05) is 6.92 Å². The van der Waals surface area contributed by atoms with Crippen molar-refractivity contribution < 1.29 is 4.42 Å². The van der Waals surface area contributed by atoms with E-state index in [2.05, 4.69) is 35.0 Å². The first kappa shape index (κ1) is 14.1. The smallest absolute Gasteiger partial charge is 0.122 e. The summed E-state index contributed by atoms with van der Waals surface area (Å²) in [7, 11) is 0. The van der Waals surface area contributed by atoms with Gasteiger partial charge in [0.15, 0.2) is 0 Å². The molecule has 1 aromatic heterocycles. The van der Waals surface area contributed by atoms with E-state index in [1.54, 1.807) is 0 Å². The first-order chi connectivity index (χ1) is 9.78. The molecule has 2 saturated heterocycles. The minimum Gasteiger partial charge on any atom is -0.468 e. The van der Waals surface area contributed by atoms with Crippen molar-refractivity contribution in [1.29, 1.82) is 0 Å². The predicted octanol–water partition coefficient (Wildman–Crippen LogP) is 2.06. The number of fused-ring (bicyclic) bond motifs is 1. The Morgan fingerprint density at radius 1 is 1.40 bits per heavy atom. The van der Waals surface area contributed by atoms with Crippen LogP contribution in [0.4, 0.5) is 0 Å². The molecule has 0 aromatic carbocycles. The highest BCUT2D eigenvalue weighted by atomic mass is 16.3. The van der Waals surface area contributed by atoms with Crippen molar-refractivity contribution in [2.75, 3.05) is 26.2 Å². The van der Waals surface area contributed by atoms with Gasteiger partial charge in [-0.05, 0) is 38.9 Å². The number of piperazine rings is 1. The number of furan rings is 1. The molecular weight excluding hydrogens is 250 g/mol. The second kappa shape index (κ2) is 6.29. The molecule has 0 aliphatic carbocycles. The number of nitrogens with one attached hydrogen (secondary N) is 1. The first-order valence-corrected chi connectivity index (χ1v) is 8.02. The lowest BCUT2D eigenvalue weighted by molar-refractivity contribution is 0.0536. The van der Waals surface area contributed by atoms with E-state index in [-0.39, 0.29) is 0 Å². The summed E-state index contributed by atoms with van der Waals surface area (Å²) in [6.45, 7) is 11.1. The van der Waals surface area contributed by atoms with Gasteiger partial charge in [-0.2, -0.15) is 0 Å². The summed E-state index contributed by atoms with van der Waals surface area (Å²) in [4.78, 5) is 5.31. The maximum atomic E-state index is 5.63. The van der Waals surface area contributed by atoms with Gasteiger partial charge in [0, 0.05) is 37.3 Å².